The Morgan fingerprint density at radius 2 is 1.95 bits per heavy atom. The molecule has 0 saturated heterocycles. The number of benzene rings is 1. The number of fused-ring (bicyclic) bond motifs is 1. The van der Waals surface area contributed by atoms with Gasteiger partial charge in [0.05, 0.1) is 30.2 Å². The van der Waals surface area contributed by atoms with Gasteiger partial charge in [0, 0.05) is 6.54 Å². The van der Waals surface area contributed by atoms with Crippen LogP contribution in [0.4, 0.5) is 0 Å². The van der Waals surface area contributed by atoms with E-state index in [4.69, 9.17) is 21.1 Å². The van der Waals surface area contributed by atoms with Gasteiger partial charge >= 0.3 is 0 Å². The fourth-order valence-electron chi connectivity index (χ4n) is 2.25. The highest BCUT2D eigenvalue weighted by Crippen LogP contribution is 2.27. The summed E-state index contributed by atoms with van der Waals surface area (Å²) in [5, 5.41) is 0. The maximum absolute atomic E-state index is 6.04. The lowest BCUT2D eigenvalue weighted by Crippen LogP contribution is -2.12. The predicted molar refractivity (Wildman–Crippen MR) is 86.1 cm³/mol. The molecule has 0 spiro atoms. The van der Waals surface area contributed by atoms with Gasteiger partial charge in [-0.3, -0.25) is 0 Å². The van der Waals surface area contributed by atoms with Crippen molar-refractivity contribution in [1.29, 1.82) is 0 Å². The zero-order valence-corrected chi connectivity index (χ0v) is 13.9. The van der Waals surface area contributed by atoms with Crippen molar-refractivity contribution >= 4 is 22.6 Å². The third kappa shape index (κ3) is 3.89. The molecule has 4 nitrogen and oxygen atoms in total. The largest absolute Gasteiger partial charge is 0.489 e. The average molecular weight is 311 g/mol. The van der Waals surface area contributed by atoms with Crippen LogP contribution in [-0.2, 0) is 17.2 Å². The molecule has 0 bridgehead atoms. The lowest BCUT2D eigenvalue weighted by molar-refractivity contribution is 0.0729. The zero-order valence-electron chi connectivity index (χ0n) is 13.1. The van der Waals surface area contributed by atoms with Crippen molar-refractivity contribution < 1.29 is 9.47 Å². The molecule has 5 heteroatoms. The Morgan fingerprint density at radius 3 is 2.57 bits per heavy atom. The van der Waals surface area contributed by atoms with Gasteiger partial charge < -0.3 is 14.0 Å². The number of aromatic nitrogens is 2. The molecule has 0 aliphatic rings. The maximum atomic E-state index is 6.04. The Bertz CT molecular complexity index is 593. The molecule has 0 atom stereocenters. The molecule has 1 aromatic carbocycles. The van der Waals surface area contributed by atoms with Gasteiger partial charge in [0.15, 0.2) is 0 Å². The fourth-order valence-corrected chi connectivity index (χ4v) is 2.45. The summed E-state index contributed by atoms with van der Waals surface area (Å²) in [6.07, 6.45) is 0.337. The lowest BCUT2D eigenvalue weighted by Gasteiger charge is -2.12. The van der Waals surface area contributed by atoms with Gasteiger partial charge in [0.1, 0.15) is 17.1 Å². The van der Waals surface area contributed by atoms with E-state index in [2.05, 4.69) is 9.55 Å². The molecule has 1 heterocycles. The van der Waals surface area contributed by atoms with E-state index in [9.17, 15) is 0 Å². The minimum Gasteiger partial charge on any atom is -0.489 e. The van der Waals surface area contributed by atoms with Gasteiger partial charge in [-0.25, -0.2) is 4.98 Å². The Labute approximate surface area is 131 Å². The SMILES string of the molecule is CC(C)OCCn1c(CCl)nc2c(OC(C)C)cccc21. The first-order chi connectivity index (χ1) is 10.0. The second-order valence-electron chi connectivity index (χ2n) is 5.52. The first-order valence-electron chi connectivity index (χ1n) is 7.35. The molecule has 0 radical (unpaired) electrons. The van der Waals surface area contributed by atoms with Gasteiger partial charge in [-0.2, -0.15) is 0 Å². The molecule has 2 aromatic rings. The van der Waals surface area contributed by atoms with Crippen molar-refractivity contribution in [1.82, 2.24) is 9.55 Å². The zero-order chi connectivity index (χ0) is 15.4. The molecule has 0 N–H and O–H groups in total. The van der Waals surface area contributed by atoms with Crippen LogP contribution in [0.2, 0.25) is 0 Å². The molecule has 0 unspecified atom stereocenters. The van der Waals surface area contributed by atoms with Crippen LogP contribution in [0.3, 0.4) is 0 Å². The number of halogens is 1. The van der Waals surface area contributed by atoms with Crippen molar-refractivity contribution in [2.75, 3.05) is 6.61 Å². The van der Waals surface area contributed by atoms with Crippen molar-refractivity contribution in [3.05, 3.63) is 24.0 Å². The first-order valence-corrected chi connectivity index (χ1v) is 7.88. The third-order valence-electron chi connectivity index (χ3n) is 3.07. The summed E-state index contributed by atoms with van der Waals surface area (Å²) in [6, 6.07) is 5.97. The van der Waals surface area contributed by atoms with E-state index in [1.807, 2.05) is 45.9 Å². The molecule has 2 rings (SSSR count). The van der Waals surface area contributed by atoms with E-state index in [-0.39, 0.29) is 12.2 Å². The van der Waals surface area contributed by atoms with Crippen LogP contribution in [-0.4, -0.2) is 28.4 Å². The van der Waals surface area contributed by atoms with Crippen LogP contribution in [0.25, 0.3) is 11.0 Å². The smallest absolute Gasteiger partial charge is 0.147 e. The van der Waals surface area contributed by atoms with Crippen LogP contribution >= 0.6 is 11.6 Å². The topological polar surface area (TPSA) is 36.3 Å². The summed E-state index contributed by atoms with van der Waals surface area (Å²) < 4.78 is 13.6. The van der Waals surface area contributed by atoms with Gasteiger partial charge in [-0.05, 0) is 39.8 Å². The molecule has 116 valence electrons. The van der Waals surface area contributed by atoms with Crippen molar-refractivity contribution in [3.8, 4) is 5.75 Å². The number of rotatable bonds is 7. The molecular formula is C16H23ClN2O2. The molecule has 0 aliphatic carbocycles. The Morgan fingerprint density at radius 1 is 1.19 bits per heavy atom. The Balaban J connectivity index is 2.35. The van der Waals surface area contributed by atoms with Crippen LogP contribution in [0, 0.1) is 0 Å². The minimum absolute atomic E-state index is 0.115. The maximum Gasteiger partial charge on any atom is 0.147 e. The van der Waals surface area contributed by atoms with Crippen molar-refractivity contribution in [3.63, 3.8) is 0 Å². The van der Waals surface area contributed by atoms with Crippen LogP contribution < -0.4 is 4.74 Å². The van der Waals surface area contributed by atoms with Crippen molar-refractivity contribution in [2.45, 2.75) is 52.3 Å². The molecule has 0 saturated carbocycles. The lowest BCUT2D eigenvalue weighted by atomic mass is 10.3. The second-order valence-corrected chi connectivity index (χ2v) is 5.79. The van der Waals surface area contributed by atoms with Gasteiger partial charge in [-0.1, -0.05) is 6.07 Å². The third-order valence-corrected chi connectivity index (χ3v) is 3.31. The molecule has 0 aliphatic heterocycles. The molecule has 1 aromatic heterocycles. The van der Waals surface area contributed by atoms with E-state index < -0.39 is 0 Å². The molecular weight excluding hydrogens is 288 g/mol. The number of ether oxygens (including phenoxy) is 2. The van der Waals surface area contributed by atoms with Crippen LogP contribution in [0.5, 0.6) is 5.75 Å². The normalized spacial score (nSPS) is 11.8. The number of para-hydroxylation sites is 1. The fraction of sp³-hybridized carbons (Fsp3) is 0.562. The summed E-state index contributed by atoms with van der Waals surface area (Å²) in [4.78, 5) is 4.63. The molecule has 21 heavy (non-hydrogen) atoms. The highest BCUT2D eigenvalue weighted by molar-refractivity contribution is 6.16. The summed E-state index contributed by atoms with van der Waals surface area (Å²) in [5.41, 5.74) is 1.91. The quantitative estimate of drug-likeness (QED) is 0.726. The molecule has 0 fully saturated rings. The highest BCUT2D eigenvalue weighted by Gasteiger charge is 2.14. The number of imidazole rings is 1. The monoisotopic (exact) mass is 310 g/mol. The van der Waals surface area contributed by atoms with E-state index in [0.717, 1.165) is 29.2 Å². The highest BCUT2D eigenvalue weighted by atomic mass is 35.5. The van der Waals surface area contributed by atoms with E-state index >= 15 is 0 Å². The summed E-state index contributed by atoms with van der Waals surface area (Å²) in [7, 11) is 0. The van der Waals surface area contributed by atoms with E-state index in [0.29, 0.717) is 12.5 Å². The van der Waals surface area contributed by atoms with Gasteiger partial charge in [0.2, 0.25) is 0 Å². The summed E-state index contributed by atoms with van der Waals surface area (Å²) in [5.74, 6) is 2.02. The average Bonchev–Trinajstić information content (AvgIpc) is 2.77. The van der Waals surface area contributed by atoms with Crippen LogP contribution in [0.15, 0.2) is 18.2 Å². The Hall–Kier alpha value is -1.26. The first kappa shape index (κ1) is 16.1. The predicted octanol–water partition coefficient (Wildman–Crippen LogP) is 3.99. The van der Waals surface area contributed by atoms with Crippen molar-refractivity contribution in [2.24, 2.45) is 0 Å². The summed E-state index contributed by atoms with van der Waals surface area (Å²) in [6.45, 7) is 9.46. The van der Waals surface area contributed by atoms with E-state index in [1.165, 1.54) is 0 Å². The van der Waals surface area contributed by atoms with Gasteiger partial charge in [0.25, 0.3) is 0 Å². The number of hydrogen-bond acceptors (Lipinski definition) is 3. The van der Waals surface area contributed by atoms with Crippen LogP contribution in [0.1, 0.15) is 33.5 Å². The van der Waals surface area contributed by atoms with Gasteiger partial charge in [-0.15, -0.1) is 11.6 Å². The summed E-state index contributed by atoms with van der Waals surface area (Å²) >= 11 is 6.04. The number of hydrogen-bond donors (Lipinski definition) is 0. The minimum atomic E-state index is 0.115. The number of alkyl halides is 1. The Kier molecular flexibility index (Phi) is 5.48. The second kappa shape index (κ2) is 7.14. The standard InChI is InChI=1S/C16H23ClN2O2/c1-11(2)20-9-8-19-13-6-5-7-14(21-12(3)4)16(13)18-15(19)10-17/h5-7,11-12H,8-10H2,1-4H3. The van der Waals surface area contributed by atoms with E-state index in [1.54, 1.807) is 0 Å². The number of nitrogens with zero attached hydrogens (tertiary/aromatic N) is 2. The molecule has 0 amide bonds.